The van der Waals surface area contributed by atoms with Crippen LogP contribution in [0.15, 0.2) is 18.2 Å². The van der Waals surface area contributed by atoms with Gasteiger partial charge in [-0.2, -0.15) is 0 Å². The van der Waals surface area contributed by atoms with Crippen molar-refractivity contribution in [2.45, 2.75) is 25.8 Å². The summed E-state index contributed by atoms with van der Waals surface area (Å²) in [5, 5.41) is 2.81. The molecule has 2 rings (SSSR count). The Bertz CT molecular complexity index is 479. The fourth-order valence-corrected chi connectivity index (χ4v) is 2.42. The Morgan fingerprint density at radius 1 is 1.53 bits per heavy atom. The predicted molar refractivity (Wildman–Crippen MR) is 70.2 cm³/mol. The van der Waals surface area contributed by atoms with E-state index in [0.29, 0.717) is 24.5 Å². The molecule has 6 heteroatoms. The minimum atomic E-state index is -2.56. The van der Waals surface area contributed by atoms with Gasteiger partial charge in [0.2, 0.25) is 5.91 Å². The van der Waals surface area contributed by atoms with Gasteiger partial charge in [-0.15, -0.1) is 0 Å². The maximum Gasteiger partial charge on any atom is 0.265 e. The van der Waals surface area contributed by atoms with Crippen LogP contribution in [0, 0.1) is 0 Å². The molecule has 1 heterocycles. The van der Waals surface area contributed by atoms with Crippen molar-refractivity contribution in [3.8, 4) is 0 Å². The topological polar surface area (TPSA) is 58.4 Å². The standard InChI is InChI=1S/C13H17F2N3O/c1-8(19)17-10-4-5-18(7-10)12-3-2-9(16)6-11(12)13(14)15/h2-3,6,10,13H,4-5,7,16H2,1H3,(H,17,19). The number of nitrogens with one attached hydrogen (secondary N) is 1. The van der Waals surface area contributed by atoms with Gasteiger partial charge >= 0.3 is 0 Å². The van der Waals surface area contributed by atoms with Crippen LogP contribution in [0.1, 0.15) is 25.3 Å². The number of nitrogen functional groups attached to an aromatic ring is 1. The first-order valence-corrected chi connectivity index (χ1v) is 6.17. The van der Waals surface area contributed by atoms with Crippen molar-refractivity contribution < 1.29 is 13.6 Å². The van der Waals surface area contributed by atoms with Crippen LogP contribution in [0.25, 0.3) is 0 Å². The highest BCUT2D eigenvalue weighted by molar-refractivity contribution is 5.73. The monoisotopic (exact) mass is 269 g/mol. The molecule has 1 amide bonds. The first-order valence-electron chi connectivity index (χ1n) is 6.17. The molecule has 1 aliphatic heterocycles. The molecule has 1 saturated heterocycles. The molecule has 104 valence electrons. The Balaban J connectivity index is 2.17. The number of hydrogen-bond acceptors (Lipinski definition) is 3. The van der Waals surface area contributed by atoms with Crippen LogP contribution in [-0.2, 0) is 4.79 Å². The van der Waals surface area contributed by atoms with Crippen molar-refractivity contribution in [2.24, 2.45) is 0 Å². The van der Waals surface area contributed by atoms with E-state index in [1.54, 1.807) is 12.1 Å². The molecule has 1 atom stereocenters. The van der Waals surface area contributed by atoms with Crippen LogP contribution in [-0.4, -0.2) is 25.0 Å². The van der Waals surface area contributed by atoms with Crippen LogP contribution in [0.5, 0.6) is 0 Å². The third-order valence-electron chi connectivity index (χ3n) is 3.22. The molecular formula is C13H17F2N3O. The second kappa shape index (κ2) is 5.42. The number of hydrogen-bond donors (Lipinski definition) is 2. The second-order valence-electron chi connectivity index (χ2n) is 4.75. The number of rotatable bonds is 3. The van der Waals surface area contributed by atoms with Crippen LogP contribution in [0.4, 0.5) is 20.2 Å². The summed E-state index contributed by atoms with van der Waals surface area (Å²) < 4.78 is 26.0. The lowest BCUT2D eigenvalue weighted by Gasteiger charge is -2.22. The molecule has 0 saturated carbocycles. The van der Waals surface area contributed by atoms with Gasteiger partial charge in [-0.1, -0.05) is 0 Å². The summed E-state index contributed by atoms with van der Waals surface area (Å²) in [5.41, 5.74) is 6.32. The molecule has 1 fully saturated rings. The number of nitrogens with two attached hydrogens (primary N) is 1. The summed E-state index contributed by atoms with van der Waals surface area (Å²) in [6.45, 7) is 2.65. The highest BCUT2D eigenvalue weighted by Crippen LogP contribution is 2.33. The lowest BCUT2D eigenvalue weighted by Crippen LogP contribution is -2.35. The highest BCUT2D eigenvalue weighted by Gasteiger charge is 2.26. The molecule has 0 radical (unpaired) electrons. The van der Waals surface area contributed by atoms with Gasteiger partial charge in [0.25, 0.3) is 6.43 Å². The predicted octanol–water partition coefficient (Wildman–Crippen LogP) is 1.92. The molecule has 0 aliphatic carbocycles. The number of nitrogens with zero attached hydrogens (tertiary/aromatic N) is 1. The first kappa shape index (κ1) is 13.6. The van der Waals surface area contributed by atoms with Gasteiger partial charge in [-0.3, -0.25) is 4.79 Å². The van der Waals surface area contributed by atoms with E-state index in [-0.39, 0.29) is 17.5 Å². The molecule has 4 nitrogen and oxygen atoms in total. The number of amides is 1. The number of anilines is 2. The largest absolute Gasteiger partial charge is 0.399 e. The summed E-state index contributed by atoms with van der Waals surface area (Å²) >= 11 is 0. The van der Waals surface area contributed by atoms with E-state index in [1.807, 2.05) is 4.90 Å². The van der Waals surface area contributed by atoms with Crippen LogP contribution in [0.3, 0.4) is 0 Å². The van der Waals surface area contributed by atoms with Crippen molar-refractivity contribution in [1.82, 2.24) is 5.32 Å². The SMILES string of the molecule is CC(=O)NC1CCN(c2ccc(N)cc2C(F)F)C1. The minimum absolute atomic E-state index is 0.0144. The van der Waals surface area contributed by atoms with E-state index < -0.39 is 6.43 Å². The Morgan fingerprint density at radius 2 is 2.26 bits per heavy atom. The van der Waals surface area contributed by atoms with E-state index in [9.17, 15) is 13.6 Å². The second-order valence-corrected chi connectivity index (χ2v) is 4.75. The molecule has 1 aliphatic rings. The molecule has 1 unspecified atom stereocenters. The Kier molecular flexibility index (Phi) is 3.87. The van der Waals surface area contributed by atoms with E-state index in [0.717, 1.165) is 6.42 Å². The molecule has 1 aromatic carbocycles. The lowest BCUT2D eigenvalue weighted by molar-refractivity contribution is -0.119. The molecule has 19 heavy (non-hydrogen) atoms. The zero-order valence-corrected chi connectivity index (χ0v) is 10.7. The summed E-state index contributed by atoms with van der Waals surface area (Å²) in [6, 6.07) is 4.56. The van der Waals surface area contributed by atoms with Crippen molar-refractivity contribution in [3.05, 3.63) is 23.8 Å². The zero-order chi connectivity index (χ0) is 14.0. The van der Waals surface area contributed by atoms with Crippen molar-refractivity contribution in [1.29, 1.82) is 0 Å². The molecule has 1 aromatic rings. The minimum Gasteiger partial charge on any atom is -0.399 e. The van der Waals surface area contributed by atoms with Gasteiger partial charge in [0.05, 0.1) is 0 Å². The maximum absolute atomic E-state index is 13.0. The number of carbonyl (C=O) groups excluding carboxylic acids is 1. The average molecular weight is 269 g/mol. The van der Waals surface area contributed by atoms with E-state index >= 15 is 0 Å². The van der Waals surface area contributed by atoms with Gasteiger partial charge in [-0.25, -0.2) is 8.78 Å². The van der Waals surface area contributed by atoms with Gasteiger partial charge in [0, 0.05) is 43.0 Å². The third-order valence-corrected chi connectivity index (χ3v) is 3.22. The van der Waals surface area contributed by atoms with Crippen molar-refractivity contribution >= 4 is 17.3 Å². The molecular weight excluding hydrogens is 252 g/mol. The number of alkyl halides is 2. The fourth-order valence-electron chi connectivity index (χ4n) is 2.42. The average Bonchev–Trinajstić information content (AvgIpc) is 2.76. The molecule has 3 N–H and O–H groups in total. The highest BCUT2D eigenvalue weighted by atomic mass is 19.3. The first-order chi connectivity index (χ1) is 8.97. The summed E-state index contributed by atoms with van der Waals surface area (Å²) in [6.07, 6.45) is -1.80. The number of halogens is 2. The van der Waals surface area contributed by atoms with E-state index in [4.69, 9.17) is 5.73 Å². The Hall–Kier alpha value is -1.85. The lowest BCUT2D eigenvalue weighted by atomic mass is 10.1. The van der Waals surface area contributed by atoms with Gasteiger partial charge < -0.3 is 16.0 Å². The number of benzene rings is 1. The smallest absolute Gasteiger partial charge is 0.265 e. The van der Waals surface area contributed by atoms with Crippen LogP contribution >= 0.6 is 0 Å². The maximum atomic E-state index is 13.0. The fraction of sp³-hybridized carbons (Fsp3) is 0.462. The molecule has 0 spiro atoms. The number of carbonyl (C=O) groups is 1. The quantitative estimate of drug-likeness (QED) is 0.824. The molecule has 0 bridgehead atoms. The Morgan fingerprint density at radius 3 is 2.89 bits per heavy atom. The van der Waals surface area contributed by atoms with Crippen molar-refractivity contribution in [3.63, 3.8) is 0 Å². The summed E-state index contributed by atoms with van der Waals surface area (Å²) in [7, 11) is 0. The van der Waals surface area contributed by atoms with Crippen molar-refractivity contribution in [2.75, 3.05) is 23.7 Å². The summed E-state index contributed by atoms with van der Waals surface area (Å²) in [4.78, 5) is 12.9. The van der Waals surface area contributed by atoms with E-state index in [2.05, 4.69) is 5.32 Å². The van der Waals surface area contributed by atoms with E-state index in [1.165, 1.54) is 13.0 Å². The zero-order valence-electron chi connectivity index (χ0n) is 10.7. The van der Waals surface area contributed by atoms with Gasteiger partial charge in [0.1, 0.15) is 0 Å². The molecule has 0 aromatic heterocycles. The van der Waals surface area contributed by atoms with Gasteiger partial charge in [-0.05, 0) is 24.6 Å². The van der Waals surface area contributed by atoms with Crippen LogP contribution in [0.2, 0.25) is 0 Å². The summed E-state index contributed by atoms with van der Waals surface area (Å²) in [5.74, 6) is -0.0989. The van der Waals surface area contributed by atoms with Crippen LogP contribution < -0.4 is 16.0 Å². The third kappa shape index (κ3) is 3.13. The Labute approximate surface area is 110 Å². The normalized spacial score (nSPS) is 18.9. The van der Waals surface area contributed by atoms with Gasteiger partial charge in [0.15, 0.2) is 0 Å².